The zero-order valence-corrected chi connectivity index (χ0v) is 23.1. The molecule has 1 fully saturated rings. The number of benzene rings is 1. The van der Waals surface area contributed by atoms with E-state index in [0.717, 1.165) is 6.20 Å². The number of ether oxygens (including phenoxy) is 1. The minimum absolute atomic E-state index is 0.0196. The molecule has 0 bridgehead atoms. The summed E-state index contributed by atoms with van der Waals surface area (Å²) in [4.78, 5) is 33.4. The third-order valence-corrected chi connectivity index (χ3v) is 6.69. The van der Waals surface area contributed by atoms with Crippen molar-refractivity contribution in [1.29, 1.82) is 0 Å². The van der Waals surface area contributed by atoms with Gasteiger partial charge in [-0.05, 0) is 50.6 Å². The fraction of sp³-hybridized carbons (Fsp3) is 0.286. The highest BCUT2D eigenvalue weighted by Gasteiger charge is 2.33. The Morgan fingerprint density at radius 2 is 1.90 bits per heavy atom. The molecule has 0 radical (unpaired) electrons. The Hall–Kier alpha value is -5.01. The Morgan fingerprint density at radius 3 is 2.55 bits per heavy atom. The normalized spacial score (nSPS) is 16.9. The quantitative estimate of drug-likeness (QED) is 0.284. The molecule has 0 saturated carbocycles. The van der Waals surface area contributed by atoms with Crippen LogP contribution in [0.5, 0.6) is 11.8 Å². The highest BCUT2D eigenvalue weighted by atomic mass is 19.3. The first-order valence-corrected chi connectivity index (χ1v) is 13.1. The summed E-state index contributed by atoms with van der Waals surface area (Å²) in [5.74, 6) is -0.280. The number of aryl methyl sites for hydroxylation is 1. The largest absolute Gasteiger partial charge is 0.421 e. The van der Waals surface area contributed by atoms with E-state index in [1.54, 1.807) is 24.0 Å². The first-order valence-electron chi connectivity index (χ1n) is 13.1. The summed E-state index contributed by atoms with van der Waals surface area (Å²) in [6.07, 6.45) is 6.70. The number of nitrogens with one attached hydrogen (secondary N) is 1. The number of carbonyl (C=O) groups is 1. The monoisotopic (exact) mass is 579 g/mol. The highest BCUT2D eigenvalue weighted by molar-refractivity contribution is 5.88. The van der Waals surface area contributed by atoms with Crippen LogP contribution >= 0.6 is 0 Å². The Labute approximate surface area is 239 Å². The van der Waals surface area contributed by atoms with E-state index in [0.29, 0.717) is 40.4 Å². The summed E-state index contributed by atoms with van der Waals surface area (Å²) < 4.78 is 47.3. The van der Waals surface area contributed by atoms with Gasteiger partial charge in [0.1, 0.15) is 5.82 Å². The smallest absolute Gasteiger partial charge is 0.333 e. The van der Waals surface area contributed by atoms with Gasteiger partial charge in [0.25, 0.3) is 0 Å². The van der Waals surface area contributed by atoms with Crippen molar-refractivity contribution in [3.8, 4) is 22.9 Å². The number of anilines is 3. The van der Waals surface area contributed by atoms with E-state index in [1.807, 2.05) is 18.7 Å². The molecule has 1 amide bonds. The summed E-state index contributed by atoms with van der Waals surface area (Å²) in [5.41, 5.74) is 1.93. The molecule has 11 nitrogen and oxygen atoms in total. The summed E-state index contributed by atoms with van der Waals surface area (Å²) in [6.45, 7) is 7.26. The van der Waals surface area contributed by atoms with Gasteiger partial charge in [-0.15, -0.1) is 0 Å². The second kappa shape index (κ2) is 11.8. The van der Waals surface area contributed by atoms with E-state index in [-0.39, 0.29) is 41.4 Å². The SMILES string of the molecule is C=CC(=O)N1[C@H](C)CN(c2nc(Nc3cnn(C(F)F)c3)ncc2-c2ccc(Oc3nccc(C)n3)c(F)c2)C[C@H]1C. The van der Waals surface area contributed by atoms with Crippen molar-refractivity contribution in [2.75, 3.05) is 23.3 Å². The predicted molar refractivity (Wildman–Crippen MR) is 149 cm³/mol. The lowest BCUT2D eigenvalue weighted by molar-refractivity contribution is -0.130. The van der Waals surface area contributed by atoms with Crippen molar-refractivity contribution in [2.24, 2.45) is 0 Å². The van der Waals surface area contributed by atoms with E-state index in [9.17, 15) is 13.6 Å². The van der Waals surface area contributed by atoms with Crippen LogP contribution in [0.3, 0.4) is 0 Å². The molecule has 42 heavy (non-hydrogen) atoms. The van der Waals surface area contributed by atoms with E-state index in [4.69, 9.17) is 9.72 Å². The fourth-order valence-corrected chi connectivity index (χ4v) is 4.88. The molecule has 1 saturated heterocycles. The van der Waals surface area contributed by atoms with Gasteiger partial charge >= 0.3 is 12.6 Å². The lowest BCUT2D eigenvalue weighted by Crippen LogP contribution is -2.58. The number of nitrogens with zero attached hydrogens (tertiary/aromatic N) is 8. The van der Waals surface area contributed by atoms with Crippen molar-refractivity contribution >= 4 is 23.4 Å². The van der Waals surface area contributed by atoms with Crippen molar-refractivity contribution in [3.05, 3.63) is 73.2 Å². The van der Waals surface area contributed by atoms with Gasteiger partial charge in [0.2, 0.25) is 11.9 Å². The van der Waals surface area contributed by atoms with Gasteiger partial charge in [-0.2, -0.15) is 18.9 Å². The number of aromatic nitrogens is 6. The Balaban J connectivity index is 1.50. The molecule has 2 atom stereocenters. The van der Waals surface area contributed by atoms with Gasteiger partial charge in [-0.3, -0.25) is 4.79 Å². The van der Waals surface area contributed by atoms with Crippen molar-refractivity contribution in [1.82, 2.24) is 34.6 Å². The molecule has 0 aliphatic carbocycles. The lowest BCUT2D eigenvalue weighted by Gasteiger charge is -2.45. The first kappa shape index (κ1) is 28.5. The molecule has 4 aromatic rings. The molecule has 1 aliphatic heterocycles. The van der Waals surface area contributed by atoms with Crippen LogP contribution in [-0.2, 0) is 4.79 Å². The van der Waals surface area contributed by atoms with E-state index < -0.39 is 12.4 Å². The number of amides is 1. The molecule has 1 aliphatic rings. The lowest BCUT2D eigenvalue weighted by atomic mass is 10.0. The minimum atomic E-state index is -2.80. The zero-order chi connectivity index (χ0) is 30.0. The number of hydrogen-bond donors (Lipinski definition) is 1. The van der Waals surface area contributed by atoms with Gasteiger partial charge in [0.15, 0.2) is 11.6 Å². The van der Waals surface area contributed by atoms with Gasteiger partial charge < -0.3 is 19.9 Å². The van der Waals surface area contributed by atoms with E-state index in [1.165, 1.54) is 36.8 Å². The Kier molecular flexibility index (Phi) is 8.04. The number of carbonyl (C=O) groups excluding carboxylic acids is 1. The van der Waals surface area contributed by atoms with Crippen LogP contribution in [0, 0.1) is 12.7 Å². The molecule has 1 N–H and O–H groups in total. The molecule has 218 valence electrons. The molecule has 1 aromatic carbocycles. The van der Waals surface area contributed by atoms with Crippen molar-refractivity contribution in [3.63, 3.8) is 0 Å². The molecule has 3 aromatic heterocycles. The molecule has 4 heterocycles. The second-order valence-corrected chi connectivity index (χ2v) is 9.82. The van der Waals surface area contributed by atoms with E-state index in [2.05, 4.69) is 31.9 Å². The van der Waals surface area contributed by atoms with Gasteiger partial charge in [0, 0.05) is 48.8 Å². The highest BCUT2D eigenvalue weighted by Crippen LogP contribution is 2.35. The maximum atomic E-state index is 15.3. The number of halogens is 3. The van der Waals surface area contributed by atoms with Gasteiger partial charge in [0.05, 0.1) is 18.1 Å². The van der Waals surface area contributed by atoms with Crippen LogP contribution in [0.1, 0.15) is 26.1 Å². The average Bonchev–Trinajstić information content (AvgIpc) is 3.42. The Bertz CT molecular complexity index is 1600. The summed E-state index contributed by atoms with van der Waals surface area (Å²) in [7, 11) is 0. The van der Waals surface area contributed by atoms with Crippen LogP contribution < -0.4 is 15.0 Å². The van der Waals surface area contributed by atoms with Crippen LogP contribution in [0.4, 0.5) is 30.6 Å². The van der Waals surface area contributed by atoms with Gasteiger partial charge in [-0.1, -0.05) is 12.6 Å². The third-order valence-electron chi connectivity index (χ3n) is 6.69. The van der Waals surface area contributed by atoms with Crippen molar-refractivity contribution < 1.29 is 22.7 Å². The predicted octanol–water partition coefficient (Wildman–Crippen LogP) is 5.12. The zero-order valence-electron chi connectivity index (χ0n) is 23.1. The van der Waals surface area contributed by atoms with E-state index >= 15 is 4.39 Å². The van der Waals surface area contributed by atoms with Crippen molar-refractivity contribution in [2.45, 2.75) is 39.4 Å². The summed E-state index contributed by atoms with van der Waals surface area (Å²) >= 11 is 0. The average molecular weight is 580 g/mol. The summed E-state index contributed by atoms with van der Waals surface area (Å²) in [5, 5.41) is 6.52. The standard InChI is InChI=1S/C28H28F3N9O2/c1-5-24(41)40-17(3)13-38(14-18(40)4)25-21(12-33-27(37-25)36-20-11-34-39(15-20)26(30)31)19-6-7-23(22(29)10-19)42-28-32-9-8-16(2)35-28/h5-12,15,17-18,26H,1,13-14H2,2-4H3,(H,33,36,37)/t17-,18-/m1/s1. The molecule has 14 heteroatoms. The van der Waals surface area contributed by atoms with Crippen LogP contribution in [0.25, 0.3) is 11.1 Å². The third kappa shape index (κ3) is 6.01. The second-order valence-electron chi connectivity index (χ2n) is 9.82. The molecule has 0 unspecified atom stereocenters. The van der Waals surface area contributed by atoms with Crippen LogP contribution in [-0.4, -0.2) is 65.7 Å². The molecule has 5 rings (SSSR count). The number of piperazine rings is 1. The topological polar surface area (TPSA) is 114 Å². The Morgan fingerprint density at radius 1 is 1.14 bits per heavy atom. The molecular formula is C28H28F3N9O2. The maximum absolute atomic E-state index is 15.3. The maximum Gasteiger partial charge on any atom is 0.333 e. The fourth-order valence-electron chi connectivity index (χ4n) is 4.88. The molecular weight excluding hydrogens is 551 g/mol. The van der Waals surface area contributed by atoms with Gasteiger partial charge in [-0.25, -0.2) is 24.0 Å². The molecule has 0 spiro atoms. The number of hydrogen-bond acceptors (Lipinski definition) is 9. The summed E-state index contributed by atoms with van der Waals surface area (Å²) in [6, 6.07) is 5.78. The van der Waals surface area contributed by atoms with Crippen LogP contribution in [0.2, 0.25) is 0 Å². The van der Waals surface area contributed by atoms with Crippen LogP contribution in [0.15, 0.2) is 61.7 Å². The number of rotatable bonds is 8. The first-order chi connectivity index (χ1) is 20.1. The minimum Gasteiger partial charge on any atom is -0.421 e. The number of alkyl halides is 2.